The van der Waals surface area contributed by atoms with E-state index >= 15 is 0 Å². The Labute approximate surface area is 96.7 Å². The maximum Gasteiger partial charge on any atom is 0.132 e. The molecule has 1 saturated heterocycles. The van der Waals surface area contributed by atoms with Gasteiger partial charge in [0.05, 0.1) is 6.10 Å². The molecule has 4 nitrogen and oxygen atoms in total. The fourth-order valence-electron chi connectivity index (χ4n) is 2.07. The molecule has 0 amide bonds. The van der Waals surface area contributed by atoms with Gasteiger partial charge in [0.15, 0.2) is 0 Å². The minimum absolute atomic E-state index is 0.420. The van der Waals surface area contributed by atoms with Crippen molar-refractivity contribution in [1.29, 1.82) is 0 Å². The number of hydrogen-bond acceptors (Lipinski definition) is 4. The number of nitrogens with zero attached hydrogens (tertiary/aromatic N) is 3. The molecule has 0 spiro atoms. The number of ether oxygens (including phenoxy) is 1. The van der Waals surface area contributed by atoms with Gasteiger partial charge in [0.25, 0.3) is 0 Å². The van der Waals surface area contributed by atoms with Crippen LogP contribution in [0.1, 0.15) is 25.5 Å². The van der Waals surface area contributed by atoms with Gasteiger partial charge in [-0.2, -0.15) is 0 Å². The van der Waals surface area contributed by atoms with Crippen LogP contribution in [0.15, 0.2) is 12.4 Å². The van der Waals surface area contributed by atoms with Gasteiger partial charge in [0.1, 0.15) is 12.1 Å². The monoisotopic (exact) mass is 221 g/mol. The van der Waals surface area contributed by atoms with Crippen molar-refractivity contribution in [3.8, 4) is 0 Å². The van der Waals surface area contributed by atoms with Gasteiger partial charge < -0.3 is 9.64 Å². The number of rotatable bonds is 3. The molecule has 1 fully saturated rings. The van der Waals surface area contributed by atoms with Gasteiger partial charge in [0.2, 0.25) is 0 Å². The second-order valence-corrected chi connectivity index (χ2v) is 4.14. The summed E-state index contributed by atoms with van der Waals surface area (Å²) in [6.45, 7) is 4.17. The second-order valence-electron chi connectivity index (χ2n) is 4.14. The van der Waals surface area contributed by atoms with E-state index < -0.39 is 0 Å². The second kappa shape index (κ2) is 5.25. The number of aromatic nitrogens is 2. The van der Waals surface area contributed by atoms with Crippen LogP contribution in [0.4, 0.5) is 5.82 Å². The van der Waals surface area contributed by atoms with Crippen molar-refractivity contribution in [2.45, 2.75) is 32.3 Å². The number of aryl methyl sites for hydroxylation is 1. The maximum atomic E-state index is 5.36. The Morgan fingerprint density at radius 2 is 2.12 bits per heavy atom. The van der Waals surface area contributed by atoms with Crippen molar-refractivity contribution in [2.24, 2.45) is 0 Å². The average Bonchev–Trinajstić information content (AvgIpc) is 2.39. The Kier molecular flexibility index (Phi) is 3.72. The molecule has 1 aromatic heterocycles. The minimum atomic E-state index is 0.420. The molecular weight excluding hydrogens is 202 g/mol. The molecule has 2 heterocycles. The lowest BCUT2D eigenvalue weighted by Crippen LogP contribution is -2.37. The molecule has 2 rings (SSSR count). The van der Waals surface area contributed by atoms with E-state index in [1.165, 1.54) is 0 Å². The molecule has 0 saturated carbocycles. The standard InChI is InChI=1S/C12H19N3O/c1-3-10-8-12(14-9-13-10)15-6-4-11(16-2)5-7-15/h8-9,11H,3-7H2,1-2H3. The van der Waals surface area contributed by atoms with Crippen molar-refractivity contribution in [3.63, 3.8) is 0 Å². The highest BCUT2D eigenvalue weighted by atomic mass is 16.5. The van der Waals surface area contributed by atoms with Gasteiger partial charge in [-0.3, -0.25) is 0 Å². The van der Waals surface area contributed by atoms with Crippen LogP contribution >= 0.6 is 0 Å². The summed E-state index contributed by atoms with van der Waals surface area (Å²) in [7, 11) is 1.79. The van der Waals surface area contributed by atoms with Crippen LogP contribution < -0.4 is 4.90 Å². The van der Waals surface area contributed by atoms with Gasteiger partial charge in [-0.05, 0) is 19.3 Å². The summed E-state index contributed by atoms with van der Waals surface area (Å²) in [6, 6.07) is 2.09. The summed E-state index contributed by atoms with van der Waals surface area (Å²) in [5.41, 5.74) is 1.11. The van der Waals surface area contributed by atoms with E-state index in [1.807, 2.05) is 0 Å². The maximum absolute atomic E-state index is 5.36. The van der Waals surface area contributed by atoms with Gasteiger partial charge in [-0.1, -0.05) is 6.92 Å². The molecule has 0 atom stereocenters. The van der Waals surface area contributed by atoms with E-state index in [0.717, 1.165) is 43.9 Å². The molecule has 0 aromatic carbocycles. The number of methoxy groups -OCH3 is 1. The van der Waals surface area contributed by atoms with E-state index in [2.05, 4.69) is 27.9 Å². The predicted molar refractivity (Wildman–Crippen MR) is 63.7 cm³/mol. The van der Waals surface area contributed by atoms with Crippen LogP contribution in [0.5, 0.6) is 0 Å². The van der Waals surface area contributed by atoms with Crippen molar-refractivity contribution < 1.29 is 4.74 Å². The fraction of sp³-hybridized carbons (Fsp3) is 0.667. The normalized spacial score (nSPS) is 17.8. The first kappa shape index (κ1) is 11.3. The molecule has 4 heteroatoms. The summed E-state index contributed by atoms with van der Waals surface area (Å²) in [4.78, 5) is 10.9. The van der Waals surface area contributed by atoms with Crippen molar-refractivity contribution in [3.05, 3.63) is 18.1 Å². The Morgan fingerprint density at radius 1 is 1.38 bits per heavy atom. The van der Waals surface area contributed by atoms with Crippen LogP contribution in [0, 0.1) is 0 Å². The SMILES string of the molecule is CCc1cc(N2CCC(OC)CC2)ncn1. The van der Waals surface area contributed by atoms with Crippen LogP contribution in [0.3, 0.4) is 0 Å². The molecule has 1 aromatic rings. The first-order valence-corrected chi connectivity index (χ1v) is 5.92. The largest absolute Gasteiger partial charge is 0.381 e. The zero-order valence-electron chi connectivity index (χ0n) is 10.0. The molecular formula is C12H19N3O. The van der Waals surface area contributed by atoms with Gasteiger partial charge in [-0.25, -0.2) is 9.97 Å². The first-order valence-electron chi connectivity index (χ1n) is 5.92. The smallest absolute Gasteiger partial charge is 0.132 e. The van der Waals surface area contributed by atoms with E-state index in [0.29, 0.717) is 6.10 Å². The van der Waals surface area contributed by atoms with Crippen molar-refractivity contribution in [1.82, 2.24) is 9.97 Å². The van der Waals surface area contributed by atoms with Crippen LogP contribution in [-0.2, 0) is 11.2 Å². The lowest BCUT2D eigenvalue weighted by molar-refractivity contribution is 0.0818. The van der Waals surface area contributed by atoms with Crippen LogP contribution in [0.2, 0.25) is 0 Å². The van der Waals surface area contributed by atoms with Crippen LogP contribution in [0.25, 0.3) is 0 Å². The molecule has 0 aliphatic carbocycles. The summed E-state index contributed by atoms with van der Waals surface area (Å²) >= 11 is 0. The highest BCUT2D eigenvalue weighted by molar-refractivity contribution is 5.39. The third-order valence-corrected chi connectivity index (χ3v) is 3.17. The third-order valence-electron chi connectivity index (χ3n) is 3.17. The molecule has 1 aliphatic heterocycles. The summed E-state index contributed by atoms with van der Waals surface area (Å²) < 4.78 is 5.36. The van der Waals surface area contributed by atoms with Crippen LogP contribution in [-0.4, -0.2) is 36.3 Å². The Morgan fingerprint density at radius 3 is 2.75 bits per heavy atom. The van der Waals surface area contributed by atoms with E-state index in [4.69, 9.17) is 4.74 Å². The summed E-state index contributed by atoms with van der Waals surface area (Å²) in [5, 5.41) is 0. The predicted octanol–water partition coefficient (Wildman–Crippen LogP) is 1.65. The third kappa shape index (κ3) is 2.50. The minimum Gasteiger partial charge on any atom is -0.381 e. The van der Waals surface area contributed by atoms with Gasteiger partial charge in [-0.15, -0.1) is 0 Å². The zero-order chi connectivity index (χ0) is 11.4. The molecule has 0 radical (unpaired) electrons. The van der Waals surface area contributed by atoms with E-state index in [9.17, 15) is 0 Å². The number of anilines is 1. The summed E-state index contributed by atoms with van der Waals surface area (Å²) in [6.07, 6.45) is 5.22. The van der Waals surface area contributed by atoms with Gasteiger partial charge in [0, 0.05) is 32.0 Å². The topological polar surface area (TPSA) is 38.2 Å². The molecule has 88 valence electrons. The quantitative estimate of drug-likeness (QED) is 0.778. The average molecular weight is 221 g/mol. The molecule has 0 N–H and O–H groups in total. The molecule has 1 aliphatic rings. The molecule has 16 heavy (non-hydrogen) atoms. The molecule has 0 unspecified atom stereocenters. The first-order chi connectivity index (χ1) is 7.83. The Balaban J connectivity index is 2.02. The number of hydrogen-bond donors (Lipinski definition) is 0. The lowest BCUT2D eigenvalue weighted by Gasteiger charge is -2.32. The van der Waals surface area contributed by atoms with Crippen molar-refractivity contribution >= 4 is 5.82 Å². The Hall–Kier alpha value is -1.16. The van der Waals surface area contributed by atoms with Crippen molar-refractivity contribution in [2.75, 3.05) is 25.1 Å². The number of piperidine rings is 1. The molecule has 0 bridgehead atoms. The highest BCUT2D eigenvalue weighted by Gasteiger charge is 2.19. The zero-order valence-corrected chi connectivity index (χ0v) is 10.0. The van der Waals surface area contributed by atoms with E-state index in [1.54, 1.807) is 13.4 Å². The summed E-state index contributed by atoms with van der Waals surface area (Å²) in [5.74, 6) is 1.06. The lowest BCUT2D eigenvalue weighted by atomic mass is 10.1. The highest BCUT2D eigenvalue weighted by Crippen LogP contribution is 2.19. The fourth-order valence-corrected chi connectivity index (χ4v) is 2.07. The van der Waals surface area contributed by atoms with Gasteiger partial charge >= 0.3 is 0 Å². The Bertz CT molecular complexity index is 335. The van der Waals surface area contributed by atoms with E-state index in [-0.39, 0.29) is 0 Å².